The molecule has 1 unspecified atom stereocenters. The van der Waals surface area contributed by atoms with Gasteiger partial charge in [-0.15, -0.1) is 0 Å². The van der Waals surface area contributed by atoms with Gasteiger partial charge in [-0.1, -0.05) is 29.9 Å². The number of aromatic hydroxyl groups is 1. The molecular weight excluding hydrogens is 444 g/mol. The number of carbonyl (C=O) groups is 2. The van der Waals surface area contributed by atoms with E-state index in [-0.39, 0.29) is 24.2 Å². The van der Waals surface area contributed by atoms with E-state index >= 15 is 0 Å². The highest BCUT2D eigenvalue weighted by atomic mass is 16.3. The minimum Gasteiger partial charge on any atom is -0.508 e. The predicted octanol–water partition coefficient (Wildman–Crippen LogP) is 3.02. The topological polar surface area (TPSA) is 103 Å². The second-order valence-corrected chi connectivity index (χ2v) is 9.11. The average Bonchev–Trinajstić information content (AvgIpc) is 3.51. The summed E-state index contributed by atoms with van der Waals surface area (Å²) in [5, 5.41) is 12.6. The fourth-order valence-corrected chi connectivity index (χ4v) is 4.94. The van der Waals surface area contributed by atoms with E-state index in [0.29, 0.717) is 25.5 Å². The minimum absolute atomic E-state index is 0.0145. The Morgan fingerprint density at radius 2 is 2.06 bits per heavy atom. The molecule has 2 N–H and O–H groups in total. The molecule has 1 saturated heterocycles. The number of nitrogens with zero attached hydrogens (tertiary/aromatic N) is 5. The van der Waals surface area contributed by atoms with Gasteiger partial charge in [-0.25, -0.2) is 9.78 Å². The molecule has 0 spiro atoms. The van der Waals surface area contributed by atoms with Crippen molar-refractivity contribution >= 4 is 17.8 Å². The Labute approximate surface area is 204 Å². The van der Waals surface area contributed by atoms with Gasteiger partial charge in [0.2, 0.25) is 5.91 Å². The lowest BCUT2D eigenvalue weighted by Gasteiger charge is -2.31. The van der Waals surface area contributed by atoms with Gasteiger partial charge in [0, 0.05) is 38.6 Å². The number of phenols is 1. The van der Waals surface area contributed by atoms with E-state index in [2.05, 4.69) is 27.4 Å². The summed E-state index contributed by atoms with van der Waals surface area (Å²) in [6, 6.07) is 6.10. The molecule has 35 heavy (non-hydrogen) atoms. The molecule has 3 aliphatic rings. The summed E-state index contributed by atoms with van der Waals surface area (Å²) < 4.78 is 1.97. The quantitative estimate of drug-likeness (QED) is 0.644. The highest BCUT2D eigenvalue weighted by Crippen LogP contribution is 2.29. The van der Waals surface area contributed by atoms with E-state index < -0.39 is 6.04 Å². The van der Waals surface area contributed by atoms with Crippen molar-refractivity contribution in [3.8, 4) is 5.75 Å². The molecule has 2 aliphatic heterocycles. The predicted molar refractivity (Wildman–Crippen MR) is 132 cm³/mol. The van der Waals surface area contributed by atoms with Crippen molar-refractivity contribution in [1.29, 1.82) is 0 Å². The molecule has 0 saturated carbocycles. The number of phenolic OH excluding ortho intramolecular Hbond substituents is 1. The summed E-state index contributed by atoms with van der Waals surface area (Å²) in [5.74, 6) is 0.577. The van der Waals surface area contributed by atoms with E-state index in [1.165, 1.54) is 11.1 Å². The summed E-state index contributed by atoms with van der Waals surface area (Å²) in [5.41, 5.74) is 3.54. The van der Waals surface area contributed by atoms with Gasteiger partial charge in [0.05, 0.1) is 6.33 Å². The Hall–Kier alpha value is -3.88. The average molecular weight is 475 g/mol. The number of hydrogen-bond donors (Lipinski definition) is 2. The number of benzene rings is 1. The number of rotatable bonds is 7. The van der Waals surface area contributed by atoms with E-state index in [0.717, 1.165) is 37.8 Å². The number of aromatic nitrogens is 2. The first-order valence-electron chi connectivity index (χ1n) is 12.1. The number of carbonyl (C=O) groups excluding carboxylic acids is 2. The summed E-state index contributed by atoms with van der Waals surface area (Å²) >= 11 is 0. The molecule has 3 amide bonds. The van der Waals surface area contributed by atoms with E-state index in [4.69, 9.17) is 0 Å². The maximum absolute atomic E-state index is 13.0. The largest absolute Gasteiger partial charge is 0.508 e. The van der Waals surface area contributed by atoms with Gasteiger partial charge >= 0.3 is 6.03 Å². The summed E-state index contributed by atoms with van der Waals surface area (Å²) in [6.45, 7) is 2.57. The van der Waals surface area contributed by atoms with Gasteiger partial charge in [0.1, 0.15) is 24.2 Å². The van der Waals surface area contributed by atoms with Crippen LogP contribution >= 0.6 is 0 Å². The SMILES string of the molecule is O=C(CN=C1NC(=O)N(CCCn2ccnc2)C1c1ccc(O)cc1)N1CCC2=C(C=CCC2)C1. The van der Waals surface area contributed by atoms with Crippen LogP contribution < -0.4 is 5.32 Å². The number of amidine groups is 1. The zero-order valence-electron chi connectivity index (χ0n) is 19.6. The highest BCUT2D eigenvalue weighted by molar-refractivity contribution is 6.08. The van der Waals surface area contributed by atoms with Crippen LogP contribution in [0.25, 0.3) is 0 Å². The first-order chi connectivity index (χ1) is 17.1. The number of allylic oxidation sites excluding steroid dienone is 1. The van der Waals surface area contributed by atoms with Gasteiger partial charge in [-0.2, -0.15) is 0 Å². The van der Waals surface area contributed by atoms with Crippen molar-refractivity contribution in [3.63, 3.8) is 0 Å². The molecule has 3 heterocycles. The molecule has 1 aliphatic carbocycles. The fraction of sp³-hybridized carbons (Fsp3) is 0.385. The molecule has 5 rings (SSSR count). The van der Waals surface area contributed by atoms with Crippen LogP contribution in [0.3, 0.4) is 0 Å². The third-order valence-corrected chi connectivity index (χ3v) is 6.82. The molecule has 182 valence electrons. The van der Waals surface area contributed by atoms with Crippen LogP contribution in [-0.4, -0.2) is 68.4 Å². The first-order valence-corrected chi connectivity index (χ1v) is 12.1. The second-order valence-electron chi connectivity index (χ2n) is 9.11. The zero-order valence-corrected chi connectivity index (χ0v) is 19.6. The Kier molecular flexibility index (Phi) is 6.65. The van der Waals surface area contributed by atoms with Crippen molar-refractivity contribution in [1.82, 2.24) is 24.7 Å². The van der Waals surface area contributed by atoms with Crippen molar-refractivity contribution in [2.45, 2.75) is 38.3 Å². The van der Waals surface area contributed by atoms with Crippen LogP contribution in [0.2, 0.25) is 0 Å². The monoisotopic (exact) mass is 474 g/mol. The third kappa shape index (κ3) is 5.13. The molecule has 9 heteroatoms. The number of urea groups is 1. The lowest BCUT2D eigenvalue weighted by atomic mass is 9.92. The standard InChI is InChI=1S/C26H30N6O3/c33-22-8-6-20(7-9-22)24-25(29-26(35)32(24)13-3-12-30-15-11-27-18-30)28-16-23(34)31-14-10-19-4-1-2-5-21(19)17-31/h2,5-9,11,15,18,24,33H,1,3-4,10,12-14,16-17H2,(H,28,29,35). The fourth-order valence-electron chi connectivity index (χ4n) is 4.94. The van der Waals surface area contributed by atoms with Crippen molar-refractivity contribution in [3.05, 3.63) is 71.8 Å². The normalized spacial score (nSPS) is 21.0. The summed E-state index contributed by atoms with van der Waals surface area (Å²) in [7, 11) is 0. The van der Waals surface area contributed by atoms with Crippen LogP contribution in [0.4, 0.5) is 4.79 Å². The van der Waals surface area contributed by atoms with Crippen LogP contribution in [0.5, 0.6) is 5.75 Å². The van der Waals surface area contributed by atoms with Gasteiger partial charge in [-0.05, 0) is 49.0 Å². The Balaban J connectivity index is 1.30. The Morgan fingerprint density at radius 1 is 1.20 bits per heavy atom. The lowest BCUT2D eigenvalue weighted by molar-refractivity contribution is -0.129. The van der Waals surface area contributed by atoms with Crippen LogP contribution in [0, 0.1) is 0 Å². The molecule has 1 fully saturated rings. The second kappa shape index (κ2) is 10.2. The highest BCUT2D eigenvalue weighted by Gasteiger charge is 2.37. The van der Waals surface area contributed by atoms with E-state index in [1.807, 2.05) is 15.7 Å². The maximum Gasteiger partial charge on any atom is 0.323 e. The van der Waals surface area contributed by atoms with Gasteiger partial charge in [-0.3, -0.25) is 15.1 Å². The molecule has 0 bridgehead atoms. The molecule has 1 aromatic heterocycles. The number of hydrogen-bond acceptors (Lipinski definition) is 5. The van der Waals surface area contributed by atoms with Crippen molar-refractivity contribution < 1.29 is 14.7 Å². The Morgan fingerprint density at radius 3 is 2.86 bits per heavy atom. The number of imidazole rings is 1. The van der Waals surface area contributed by atoms with Gasteiger partial charge < -0.3 is 19.5 Å². The summed E-state index contributed by atoms with van der Waals surface area (Å²) in [6.07, 6.45) is 13.5. The number of aliphatic imine (C=N–C) groups is 1. The van der Waals surface area contributed by atoms with E-state index in [9.17, 15) is 14.7 Å². The van der Waals surface area contributed by atoms with Crippen LogP contribution in [-0.2, 0) is 11.3 Å². The minimum atomic E-state index is -0.435. The zero-order chi connectivity index (χ0) is 24.2. The van der Waals surface area contributed by atoms with Crippen molar-refractivity contribution in [2.75, 3.05) is 26.2 Å². The van der Waals surface area contributed by atoms with Gasteiger partial charge in [0.25, 0.3) is 0 Å². The number of aryl methyl sites for hydroxylation is 1. The molecule has 2 aromatic rings. The first kappa shape index (κ1) is 22.9. The van der Waals surface area contributed by atoms with Gasteiger partial charge in [0.15, 0.2) is 0 Å². The molecule has 1 atom stereocenters. The van der Waals surface area contributed by atoms with Crippen molar-refractivity contribution in [2.24, 2.45) is 4.99 Å². The van der Waals surface area contributed by atoms with E-state index in [1.54, 1.807) is 41.7 Å². The maximum atomic E-state index is 13.0. The Bertz CT molecular complexity index is 1170. The lowest BCUT2D eigenvalue weighted by Crippen LogP contribution is -2.39. The number of nitrogens with one attached hydrogen (secondary N) is 1. The molecular formula is C26H30N6O3. The summed E-state index contributed by atoms with van der Waals surface area (Å²) in [4.78, 5) is 38.1. The smallest absolute Gasteiger partial charge is 0.323 e. The molecule has 9 nitrogen and oxygen atoms in total. The third-order valence-electron chi connectivity index (χ3n) is 6.82. The molecule has 1 aromatic carbocycles. The van der Waals surface area contributed by atoms with Crippen LogP contribution in [0.1, 0.15) is 37.3 Å². The molecule has 0 radical (unpaired) electrons. The number of amides is 3. The van der Waals surface area contributed by atoms with Crippen LogP contribution in [0.15, 0.2) is 71.3 Å².